The summed E-state index contributed by atoms with van der Waals surface area (Å²) in [6.45, 7) is 3.24. The lowest BCUT2D eigenvalue weighted by Gasteiger charge is -2.29. The number of amides is 5. The number of carbonyl (C=O) groups is 5. The fourth-order valence-corrected chi connectivity index (χ4v) is 5.07. The number of nitrogens with one attached hydrogen (secondary N) is 3. The first-order chi connectivity index (χ1) is 18.8. The molecule has 2 aromatic rings. The van der Waals surface area contributed by atoms with Crippen LogP contribution >= 0.6 is 0 Å². The highest BCUT2D eigenvalue weighted by molar-refractivity contribution is 6.25. The number of hydrogen-bond donors (Lipinski definition) is 4. The lowest BCUT2D eigenvalue weighted by molar-refractivity contribution is -0.136. The van der Waals surface area contributed by atoms with Crippen LogP contribution in [0.25, 0.3) is 0 Å². The van der Waals surface area contributed by atoms with Crippen LogP contribution in [0.4, 0.5) is 5.69 Å². The molecule has 2 saturated heterocycles. The molecule has 3 aliphatic rings. The number of likely N-dealkylation sites (tertiary alicyclic amines) is 1. The standard InChI is InChI=1S/C25H31N9O5/c26-15-6-9-32(10-7-15)13-16-14-33(31-30-16)11-8-27-21(36)12-28-18-3-1-2-17-22(18)25(39)34(24(17)38)19-4-5-20(35)29-23(19)37/h1-3,14-15,19,28H,4-13,26H2,(H,27,36)(H,29,35,37). The van der Waals surface area contributed by atoms with Gasteiger partial charge in [0.25, 0.3) is 11.8 Å². The van der Waals surface area contributed by atoms with Gasteiger partial charge in [0, 0.05) is 50.5 Å². The van der Waals surface area contributed by atoms with E-state index in [9.17, 15) is 24.0 Å². The molecule has 0 radical (unpaired) electrons. The maximum absolute atomic E-state index is 13.1. The third-order valence-corrected chi connectivity index (χ3v) is 7.17. The van der Waals surface area contributed by atoms with E-state index < -0.39 is 29.7 Å². The van der Waals surface area contributed by atoms with Gasteiger partial charge < -0.3 is 16.4 Å². The number of aromatic nitrogens is 3. The van der Waals surface area contributed by atoms with E-state index in [4.69, 9.17) is 5.73 Å². The van der Waals surface area contributed by atoms with Crippen LogP contribution in [0.2, 0.25) is 0 Å². The van der Waals surface area contributed by atoms with E-state index in [2.05, 4.69) is 31.2 Å². The van der Waals surface area contributed by atoms with Gasteiger partial charge in [0.15, 0.2) is 0 Å². The zero-order chi connectivity index (χ0) is 27.5. The maximum Gasteiger partial charge on any atom is 0.264 e. The van der Waals surface area contributed by atoms with Crippen LogP contribution < -0.4 is 21.7 Å². The summed E-state index contributed by atoms with van der Waals surface area (Å²) >= 11 is 0. The topological polar surface area (TPSA) is 185 Å². The number of hydrogen-bond acceptors (Lipinski definition) is 10. The van der Waals surface area contributed by atoms with Crippen molar-refractivity contribution in [3.8, 4) is 0 Å². The molecule has 1 atom stereocenters. The molecule has 2 fully saturated rings. The molecule has 4 heterocycles. The average molecular weight is 538 g/mol. The summed E-state index contributed by atoms with van der Waals surface area (Å²) in [4.78, 5) is 65.5. The van der Waals surface area contributed by atoms with Gasteiger partial charge in [-0.05, 0) is 31.4 Å². The van der Waals surface area contributed by atoms with Crippen molar-refractivity contribution >= 4 is 35.2 Å². The van der Waals surface area contributed by atoms with Gasteiger partial charge in [-0.15, -0.1) is 5.10 Å². The van der Waals surface area contributed by atoms with Crippen molar-refractivity contribution in [2.45, 2.75) is 50.9 Å². The Hall–Kier alpha value is -4.17. The van der Waals surface area contributed by atoms with E-state index in [1.165, 1.54) is 6.07 Å². The van der Waals surface area contributed by atoms with Gasteiger partial charge in [-0.25, -0.2) is 0 Å². The number of carbonyl (C=O) groups excluding carboxylic acids is 5. The number of nitrogens with zero attached hydrogens (tertiary/aromatic N) is 5. The molecule has 0 bridgehead atoms. The molecular weight excluding hydrogens is 506 g/mol. The van der Waals surface area contributed by atoms with E-state index in [-0.39, 0.29) is 42.5 Å². The Labute approximate surface area is 224 Å². The van der Waals surface area contributed by atoms with Crippen molar-refractivity contribution in [2.24, 2.45) is 5.73 Å². The van der Waals surface area contributed by atoms with Crippen molar-refractivity contribution in [1.82, 2.24) is 35.4 Å². The Morgan fingerprint density at radius 2 is 1.90 bits per heavy atom. The minimum atomic E-state index is -1.05. The second-order valence-electron chi connectivity index (χ2n) is 9.97. The fourth-order valence-electron chi connectivity index (χ4n) is 5.07. The van der Waals surface area contributed by atoms with Crippen molar-refractivity contribution < 1.29 is 24.0 Å². The van der Waals surface area contributed by atoms with Gasteiger partial charge in [-0.1, -0.05) is 11.3 Å². The van der Waals surface area contributed by atoms with Crippen LogP contribution in [0.1, 0.15) is 52.1 Å². The van der Waals surface area contributed by atoms with E-state index in [0.29, 0.717) is 25.3 Å². The average Bonchev–Trinajstić information content (AvgIpc) is 3.46. The molecule has 0 aliphatic carbocycles. The Kier molecular flexibility index (Phi) is 7.65. The number of imide groups is 2. The summed E-state index contributed by atoms with van der Waals surface area (Å²) in [6.07, 6.45) is 3.92. The van der Waals surface area contributed by atoms with E-state index >= 15 is 0 Å². The molecule has 5 N–H and O–H groups in total. The maximum atomic E-state index is 13.1. The number of fused-ring (bicyclic) bond motifs is 1. The first kappa shape index (κ1) is 26.4. The van der Waals surface area contributed by atoms with Gasteiger partial charge in [0.05, 0.1) is 29.9 Å². The van der Waals surface area contributed by atoms with Crippen LogP contribution in [0.3, 0.4) is 0 Å². The molecule has 1 unspecified atom stereocenters. The summed E-state index contributed by atoms with van der Waals surface area (Å²) in [5.41, 5.74) is 7.38. The SMILES string of the molecule is NC1CCN(Cc2cn(CCNC(=O)CNc3cccc4c3C(=O)N(C3CCC(=O)NC3=O)C4=O)nn2)CC1. The van der Waals surface area contributed by atoms with E-state index in [0.717, 1.165) is 36.5 Å². The van der Waals surface area contributed by atoms with E-state index in [1.54, 1.807) is 16.8 Å². The summed E-state index contributed by atoms with van der Waals surface area (Å²) in [7, 11) is 0. The quantitative estimate of drug-likeness (QED) is 0.284. The molecule has 1 aromatic carbocycles. The van der Waals surface area contributed by atoms with Crippen molar-refractivity contribution in [1.29, 1.82) is 0 Å². The largest absolute Gasteiger partial charge is 0.375 e. The summed E-state index contributed by atoms with van der Waals surface area (Å²) < 4.78 is 1.68. The molecule has 1 aromatic heterocycles. The third-order valence-electron chi connectivity index (χ3n) is 7.17. The number of piperidine rings is 2. The summed E-state index contributed by atoms with van der Waals surface area (Å²) in [5, 5.41) is 16.2. The number of rotatable bonds is 9. The molecule has 5 amide bonds. The molecule has 39 heavy (non-hydrogen) atoms. The summed E-state index contributed by atoms with van der Waals surface area (Å²) in [6, 6.07) is 3.91. The third kappa shape index (κ3) is 5.81. The molecule has 206 valence electrons. The lowest BCUT2D eigenvalue weighted by atomic mass is 10.0. The van der Waals surface area contributed by atoms with E-state index in [1.807, 2.05) is 6.20 Å². The highest BCUT2D eigenvalue weighted by atomic mass is 16.2. The van der Waals surface area contributed by atoms with Gasteiger partial charge in [0.1, 0.15) is 6.04 Å². The predicted octanol–water partition coefficient (Wildman–Crippen LogP) is -1.17. The normalized spacial score (nSPS) is 20.2. The Morgan fingerprint density at radius 1 is 1.10 bits per heavy atom. The first-order valence-corrected chi connectivity index (χ1v) is 13.0. The second kappa shape index (κ2) is 11.3. The van der Waals surface area contributed by atoms with Crippen LogP contribution in [-0.4, -0.2) is 92.6 Å². The smallest absolute Gasteiger partial charge is 0.264 e. The molecule has 0 saturated carbocycles. The molecule has 14 heteroatoms. The first-order valence-electron chi connectivity index (χ1n) is 13.0. The van der Waals surface area contributed by atoms with Crippen LogP contribution in [-0.2, 0) is 27.5 Å². The Balaban J connectivity index is 1.11. The van der Waals surface area contributed by atoms with Gasteiger partial charge in [-0.3, -0.25) is 43.8 Å². The highest BCUT2D eigenvalue weighted by Crippen LogP contribution is 2.32. The second-order valence-corrected chi connectivity index (χ2v) is 9.97. The van der Waals surface area contributed by atoms with Crippen molar-refractivity contribution in [2.75, 3.05) is 31.5 Å². The van der Waals surface area contributed by atoms with Gasteiger partial charge in [0.2, 0.25) is 17.7 Å². The molecule has 5 rings (SSSR count). The van der Waals surface area contributed by atoms with Crippen molar-refractivity contribution in [3.05, 3.63) is 41.2 Å². The van der Waals surface area contributed by atoms with Gasteiger partial charge >= 0.3 is 0 Å². The van der Waals surface area contributed by atoms with Crippen LogP contribution in [0.5, 0.6) is 0 Å². The zero-order valence-electron chi connectivity index (χ0n) is 21.4. The lowest BCUT2D eigenvalue weighted by Crippen LogP contribution is -2.54. The minimum Gasteiger partial charge on any atom is -0.375 e. The minimum absolute atomic E-state index is 0.0403. The summed E-state index contributed by atoms with van der Waals surface area (Å²) in [5.74, 6) is -2.66. The molecular formula is C25H31N9O5. The number of benzene rings is 1. The fraction of sp³-hybridized carbons (Fsp3) is 0.480. The number of nitrogens with two attached hydrogens (primary N) is 1. The Bertz CT molecular complexity index is 1300. The molecule has 0 spiro atoms. The molecule has 3 aliphatic heterocycles. The Morgan fingerprint density at radius 3 is 2.67 bits per heavy atom. The van der Waals surface area contributed by atoms with Crippen LogP contribution in [0.15, 0.2) is 24.4 Å². The van der Waals surface area contributed by atoms with Crippen LogP contribution in [0, 0.1) is 0 Å². The monoisotopic (exact) mass is 537 g/mol. The zero-order valence-corrected chi connectivity index (χ0v) is 21.4. The predicted molar refractivity (Wildman–Crippen MR) is 137 cm³/mol. The van der Waals surface area contributed by atoms with Gasteiger partial charge in [-0.2, -0.15) is 0 Å². The highest BCUT2D eigenvalue weighted by Gasteiger charge is 2.45. The molecule has 14 nitrogen and oxygen atoms in total. The van der Waals surface area contributed by atoms with Crippen molar-refractivity contribution in [3.63, 3.8) is 0 Å². The number of anilines is 1.